The molecule has 3 heterocycles. The number of aryl methyl sites for hydroxylation is 1. The lowest BCUT2D eigenvalue weighted by Crippen LogP contribution is -2.40. The van der Waals surface area contributed by atoms with Crippen LogP contribution in [0.15, 0.2) is 24.4 Å². The second-order valence-corrected chi connectivity index (χ2v) is 10.6. The van der Waals surface area contributed by atoms with Crippen molar-refractivity contribution in [3.05, 3.63) is 40.7 Å². The first-order chi connectivity index (χ1) is 15.6. The first-order valence-electron chi connectivity index (χ1n) is 10.9. The first kappa shape index (κ1) is 23.7. The minimum absolute atomic E-state index is 0.0417. The number of hydrogen-bond acceptors (Lipinski definition) is 8. The molecule has 4 rings (SSSR count). The van der Waals surface area contributed by atoms with Crippen LogP contribution >= 0.6 is 22.9 Å². The SMILES string of the molecule is CC(C)Oc1ccc(-c2nnc(-n3ncc4c3CNC(C(=O)OC(C)(C)C)CC4)s2)cc1Cl. The average molecular weight is 490 g/mol. The Balaban J connectivity index is 1.52. The van der Waals surface area contributed by atoms with Crippen LogP contribution in [0.1, 0.15) is 52.3 Å². The van der Waals surface area contributed by atoms with Crippen LogP contribution < -0.4 is 10.1 Å². The lowest BCUT2D eigenvalue weighted by atomic mass is 10.1. The summed E-state index contributed by atoms with van der Waals surface area (Å²) in [4.78, 5) is 12.5. The normalized spacial score (nSPS) is 16.4. The molecule has 0 saturated carbocycles. The van der Waals surface area contributed by atoms with Gasteiger partial charge >= 0.3 is 5.97 Å². The van der Waals surface area contributed by atoms with Crippen LogP contribution in [0.25, 0.3) is 15.7 Å². The molecule has 1 atom stereocenters. The van der Waals surface area contributed by atoms with Crippen LogP contribution in [-0.4, -0.2) is 43.7 Å². The molecule has 1 N–H and O–H groups in total. The number of aromatic nitrogens is 4. The minimum atomic E-state index is -0.514. The molecule has 0 radical (unpaired) electrons. The number of ether oxygens (including phenoxy) is 2. The third-order valence-corrected chi connectivity index (χ3v) is 6.25. The molecule has 0 fully saturated rings. The van der Waals surface area contributed by atoms with Crippen LogP contribution in [0, 0.1) is 0 Å². The maximum Gasteiger partial charge on any atom is 0.323 e. The molecule has 1 aliphatic rings. The van der Waals surface area contributed by atoms with Crippen molar-refractivity contribution in [3.8, 4) is 21.5 Å². The fraction of sp³-hybridized carbons (Fsp3) is 0.478. The van der Waals surface area contributed by atoms with Gasteiger partial charge in [-0.1, -0.05) is 22.9 Å². The van der Waals surface area contributed by atoms with E-state index in [1.54, 1.807) is 4.68 Å². The van der Waals surface area contributed by atoms with Crippen LogP contribution in [0.5, 0.6) is 5.75 Å². The average Bonchev–Trinajstić information content (AvgIpc) is 3.30. The van der Waals surface area contributed by atoms with Crippen molar-refractivity contribution in [1.82, 2.24) is 25.3 Å². The maximum atomic E-state index is 12.5. The lowest BCUT2D eigenvalue weighted by molar-refractivity contribution is -0.157. The summed E-state index contributed by atoms with van der Waals surface area (Å²) >= 11 is 7.82. The largest absolute Gasteiger partial charge is 0.489 e. The molecule has 0 saturated heterocycles. The Morgan fingerprint density at radius 3 is 2.79 bits per heavy atom. The molecule has 3 aromatic rings. The highest BCUT2D eigenvalue weighted by Crippen LogP contribution is 2.33. The van der Waals surface area contributed by atoms with E-state index in [1.807, 2.05) is 59.0 Å². The Labute approximate surface area is 202 Å². The van der Waals surface area contributed by atoms with Gasteiger partial charge < -0.3 is 9.47 Å². The molecule has 0 bridgehead atoms. The van der Waals surface area contributed by atoms with Gasteiger partial charge in [-0.05, 0) is 71.2 Å². The van der Waals surface area contributed by atoms with E-state index in [4.69, 9.17) is 21.1 Å². The van der Waals surface area contributed by atoms with Gasteiger partial charge in [0, 0.05) is 12.1 Å². The fourth-order valence-corrected chi connectivity index (χ4v) is 4.62. The molecule has 1 aliphatic heterocycles. The topological polar surface area (TPSA) is 91.2 Å². The predicted molar refractivity (Wildman–Crippen MR) is 128 cm³/mol. The molecule has 1 aromatic carbocycles. The van der Waals surface area contributed by atoms with Gasteiger partial charge in [-0.2, -0.15) is 5.10 Å². The number of nitrogens with one attached hydrogen (secondary N) is 1. The van der Waals surface area contributed by atoms with E-state index in [-0.39, 0.29) is 18.1 Å². The van der Waals surface area contributed by atoms with Gasteiger partial charge in [0.1, 0.15) is 22.4 Å². The maximum absolute atomic E-state index is 12.5. The molecule has 33 heavy (non-hydrogen) atoms. The van der Waals surface area contributed by atoms with Crippen molar-refractivity contribution in [2.24, 2.45) is 0 Å². The molecule has 8 nitrogen and oxygen atoms in total. The molecule has 2 aromatic heterocycles. The van der Waals surface area contributed by atoms with E-state index in [9.17, 15) is 4.79 Å². The summed E-state index contributed by atoms with van der Waals surface area (Å²) in [5.41, 5.74) is 2.41. The van der Waals surface area contributed by atoms with Crippen molar-refractivity contribution >= 4 is 28.9 Å². The van der Waals surface area contributed by atoms with Crippen molar-refractivity contribution in [2.45, 2.75) is 71.8 Å². The molecule has 0 amide bonds. The number of fused-ring (bicyclic) bond motifs is 1. The van der Waals surface area contributed by atoms with E-state index in [0.29, 0.717) is 28.9 Å². The Hall–Kier alpha value is -2.49. The number of esters is 1. The van der Waals surface area contributed by atoms with Crippen molar-refractivity contribution in [1.29, 1.82) is 0 Å². The van der Waals surface area contributed by atoms with Crippen molar-refractivity contribution in [3.63, 3.8) is 0 Å². The zero-order chi connectivity index (χ0) is 23.8. The summed E-state index contributed by atoms with van der Waals surface area (Å²) in [6.07, 6.45) is 3.26. The van der Waals surface area contributed by atoms with Gasteiger partial charge in [-0.15, -0.1) is 10.2 Å². The third-order valence-electron chi connectivity index (χ3n) is 5.00. The second-order valence-electron chi connectivity index (χ2n) is 9.24. The zero-order valence-electron chi connectivity index (χ0n) is 19.4. The number of carbonyl (C=O) groups is 1. The quantitative estimate of drug-likeness (QED) is 0.524. The van der Waals surface area contributed by atoms with Gasteiger partial charge in [0.15, 0.2) is 0 Å². The standard InChI is InChI=1S/C23H28ClN5O3S/c1-13(2)31-19-9-7-14(10-16(19)24)20-27-28-22(33-20)29-18-12-25-17(8-6-15(18)11-26-29)21(30)32-23(3,4)5/h7,9-11,13,17,25H,6,8,12H2,1-5H3. The summed E-state index contributed by atoms with van der Waals surface area (Å²) in [7, 11) is 0. The van der Waals surface area contributed by atoms with Crippen LogP contribution in [0.3, 0.4) is 0 Å². The van der Waals surface area contributed by atoms with Gasteiger partial charge in [-0.25, -0.2) is 4.68 Å². The van der Waals surface area contributed by atoms with E-state index in [2.05, 4.69) is 20.6 Å². The number of benzene rings is 1. The summed E-state index contributed by atoms with van der Waals surface area (Å²) in [5, 5.41) is 18.5. The van der Waals surface area contributed by atoms with Gasteiger partial charge in [0.2, 0.25) is 5.13 Å². The van der Waals surface area contributed by atoms with E-state index >= 15 is 0 Å². The van der Waals surface area contributed by atoms with Crippen molar-refractivity contribution < 1.29 is 14.3 Å². The first-order valence-corrected chi connectivity index (χ1v) is 12.1. The predicted octanol–water partition coefficient (Wildman–Crippen LogP) is 4.58. The minimum Gasteiger partial charge on any atom is -0.489 e. The highest BCUT2D eigenvalue weighted by atomic mass is 35.5. The molecular formula is C23H28ClN5O3S. The molecular weight excluding hydrogens is 462 g/mol. The van der Waals surface area contributed by atoms with Crippen LogP contribution in [-0.2, 0) is 22.5 Å². The smallest absolute Gasteiger partial charge is 0.323 e. The number of halogens is 1. The van der Waals surface area contributed by atoms with Gasteiger partial charge in [0.05, 0.1) is 23.0 Å². The van der Waals surface area contributed by atoms with E-state index < -0.39 is 5.60 Å². The summed E-state index contributed by atoms with van der Waals surface area (Å²) in [6, 6.07) is 5.24. The number of rotatable bonds is 5. The third kappa shape index (κ3) is 5.54. The molecule has 0 aliphatic carbocycles. The monoisotopic (exact) mass is 489 g/mol. The zero-order valence-corrected chi connectivity index (χ0v) is 21.0. The highest BCUT2D eigenvalue weighted by molar-refractivity contribution is 7.17. The Morgan fingerprint density at radius 1 is 1.30 bits per heavy atom. The number of carbonyl (C=O) groups excluding carboxylic acids is 1. The van der Waals surface area contributed by atoms with Crippen molar-refractivity contribution in [2.75, 3.05) is 0 Å². The Morgan fingerprint density at radius 2 is 2.09 bits per heavy atom. The number of nitrogens with zero attached hydrogens (tertiary/aromatic N) is 4. The molecule has 10 heteroatoms. The van der Waals surface area contributed by atoms with Crippen LogP contribution in [0.4, 0.5) is 0 Å². The lowest BCUT2D eigenvalue weighted by Gasteiger charge is -2.23. The molecule has 176 valence electrons. The Kier molecular flexibility index (Phi) is 6.74. The highest BCUT2D eigenvalue weighted by Gasteiger charge is 2.29. The van der Waals surface area contributed by atoms with E-state index in [1.165, 1.54) is 11.3 Å². The number of hydrogen-bond donors (Lipinski definition) is 1. The van der Waals surface area contributed by atoms with Crippen LogP contribution in [0.2, 0.25) is 5.02 Å². The molecule has 0 spiro atoms. The van der Waals surface area contributed by atoms with Gasteiger partial charge in [0.25, 0.3) is 0 Å². The molecule has 1 unspecified atom stereocenters. The van der Waals surface area contributed by atoms with Gasteiger partial charge in [-0.3, -0.25) is 10.1 Å². The fourth-order valence-electron chi connectivity index (χ4n) is 3.57. The van der Waals surface area contributed by atoms with E-state index in [0.717, 1.165) is 28.2 Å². The summed E-state index contributed by atoms with van der Waals surface area (Å²) in [5.74, 6) is 0.412. The second kappa shape index (κ2) is 9.40. The summed E-state index contributed by atoms with van der Waals surface area (Å²) in [6.45, 7) is 10.0. The summed E-state index contributed by atoms with van der Waals surface area (Å²) < 4.78 is 13.0. The Bertz CT molecular complexity index is 1150.